The molecule has 2 N–H and O–H groups in total. The first-order chi connectivity index (χ1) is 19.8. The van der Waals surface area contributed by atoms with Crippen LogP contribution >= 0.6 is 0 Å². The predicted molar refractivity (Wildman–Crippen MR) is 148 cm³/mol. The van der Waals surface area contributed by atoms with Crippen LogP contribution in [0.5, 0.6) is 0 Å². The van der Waals surface area contributed by atoms with Gasteiger partial charge in [0.05, 0.1) is 38.2 Å². The average molecular weight is 574 g/mol. The Morgan fingerprint density at radius 3 is 2.46 bits per heavy atom. The van der Waals surface area contributed by atoms with Crippen LogP contribution in [0.2, 0.25) is 0 Å². The molecule has 3 aliphatic carbocycles. The summed E-state index contributed by atoms with van der Waals surface area (Å²) in [5.74, 6) is 0.124. The number of amides is 2. The lowest BCUT2D eigenvalue weighted by atomic mass is 9.66. The number of piperidine rings is 2. The minimum absolute atomic E-state index is 0.0466. The number of nitrogens with zero attached hydrogens (tertiary/aromatic N) is 1. The lowest BCUT2D eigenvalue weighted by Crippen LogP contribution is -2.66. The van der Waals surface area contributed by atoms with Crippen LogP contribution < -0.4 is 10.6 Å². The molecule has 6 rings (SSSR count). The van der Waals surface area contributed by atoms with E-state index in [-0.39, 0.29) is 41.8 Å². The summed E-state index contributed by atoms with van der Waals surface area (Å²) in [5, 5.41) is 6.84. The highest BCUT2D eigenvalue weighted by Crippen LogP contribution is 2.54. The number of methoxy groups -OCH3 is 2. The standard InChI is InChI=1S/C31H47N3O7/c1-16(28(35)33-24-14-17(30(37)39-2)8-10-22(24)31(38)40-3)41-18-9-11-25-23(15-18)20-12-13-32-26-19-6-4-5-7-21(19)29(36)34(25)27(20)26/h16-27,32H,4-15H2,1-3H3,(H,33,35)/t16-,17?,18?,19?,20?,21?,22?,23?,24?,25?,26?,27?/m0/s1. The summed E-state index contributed by atoms with van der Waals surface area (Å²) in [4.78, 5) is 54.1. The number of nitrogens with one attached hydrogen (secondary N) is 2. The van der Waals surface area contributed by atoms with Gasteiger partial charge in [0.1, 0.15) is 6.10 Å². The van der Waals surface area contributed by atoms with E-state index in [2.05, 4.69) is 15.5 Å². The minimum atomic E-state index is -0.692. The van der Waals surface area contributed by atoms with Crippen molar-refractivity contribution in [3.8, 4) is 0 Å². The maximum absolute atomic E-state index is 13.8. The van der Waals surface area contributed by atoms with Gasteiger partial charge in [-0.1, -0.05) is 12.8 Å². The molecule has 10 nitrogen and oxygen atoms in total. The number of carbonyl (C=O) groups is 4. The number of ether oxygens (including phenoxy) is 3. The summed E-state index contributed by atoms with van der Waals surface area (Å²) in [7, 11) is 2.70. The second kappa shape index (κ2) is 11.8. The van der Waals surface area contributed by atoms with Crippen molar-refractivity contribution in [2.75, 3.05) is 20.8 Å². The third-order valence-corrected chi connectivity index (χ3v) is 11.5. The maximum atomic E-state index is 13.8. The molecule has 0 bridgehead atoms. The zero-order chi connectivity index (χ0) is 28.8. The van der Waals surface area contributed by atoms with Crippen molar-refractivity contribution in [1.82, 2.24) is 15.5 Å². The van der Waals surface area contributed by atoms with E-state index >= 15 is 0 Å². The molecule has 41 heavy (non-hydrogen) atoms. The van der Waals surface area contributed by atoms with E-state index in [4.69, 9.17) is 14.2 Å². The van der Waals surface area contributed by atoms with Crippen LogP contribution in [0.15, 0.2) is 0 Å². The molecular weight excluding hydrogens is 526 g/mol. The van der Waals surface area contributed by atoms with Gasteiger partial charge in [-0.25, -0.2) is 0 Å². The number of esters is 2. The number of rotatable bonds is 6. The van der Waals surface area contributed by atoms with E-state index in [1.165, 1.54) is 20.6 Å². The van der Waals surface area contributed by atoms with Crippen LogP contribution in [0, 0.1) is 35.5 Å². The molecule has 0 spiro atoms. The maximum Gasteiger partial charge on any atom is 0.310 e. The largest absolute Gasteiger partial charge is 0.469 e. The summed E-state index contributed by atoms with van der Waals surface area (Å²) >= 11 is 0. The normalized spacial score (nSPS) is 42.3. The Labute approximate surface area is 242 Å². The SMILES string of the molecule is COC(=O)C1CCC(C(=O)OC)C(NC(=O)[C@H](C)OC2CCC3C(C2)C2CCNC4C5CCCCC5C(=O)N3C24)C1. The molecule has 3 aliphatic heterocycles. The first-order valence-corrected chi connectivity index (χ1v) is 16.0. The van der Waals surface area contributed by atoms with Gasteiger partial charge in [-0.3, -0.25) is 19.2 Å². The molecule has 3 heterocycles. The molecule has 6 fully saturated rings. The Balaban J connectivity index is 1.10. The molecule has 0 aromatic heterocycles. The summed E-state index contributed by atoms with van der Waals surface area (Å²) in [6, 6.07) is 0.486. The molecule has 11 unspecified atom stereocenters. The van der Waals surface area contributed by atoms with Gasteiger partial charge in [0.2, 0.25) is 11.8 Å². The molecule has 0 aromatic carbocycles. The Morgan fingerprint density at radius 2 is 1.68 bits per heavy atom. The Hall–Kier alpha value is -2.20. The highest BCUT2D eigenvalue weighted by Gasteiger charge is 2.61. The Morgan fingerprint density at radius 1 is 0.902 bits per heavy atom. The van der Waals surface area contributed by atoms with E-state index in [0.29, 0.717) is 55.0 Å². The molecule has 3 saturated carbocycles. The monoisotopic (exact) mass is 573 g/mol. The van der Waals surface area contributed by atoms with Crippen molar-refractivity contribution >= 4 is 23.8 Å². The van der Waals surface area contributed by atoms with E-state index < -0.39 is 18.1 Å². The number of hydrogen-bond acceptors (Lipinski definition) is 8. The first-order valence-electron chi connectivity index (χ1n) is 16.0. The lowest BCUT2D eigenvalue weighted by Gasteiger charge is -2.52. The Kier molecular flexibility index (Phi) is 8.33. The zero-order valence-corrected chi connectivity index (χ0v) is 24.7. The van der Waals surface area contributed by atoms with Gasteiger partial charge in [0.25, 0.3) is 0 Å². The average Bonchev–Trinajstić information content (AvgIpc) is 3.33. The van der Waals surface area contributed by atoms with Gasteiger partial charge in [0, 0.05) is 24.0 Å². The van der Waals surface area contributed by atoms with Crippen molar-refractivity contribution in [2.45, 2.75) is 114 Å². The van der Waals surface area contributed by atoms with Gasteiger partial charge < -0.3 is 29.7 Å². The van der Waals surface area contributed by atoms with Crippen LogP contribution in [0.25, 0.3) is 0 Å². The topological polar surface area (TPSA) is 123 Å². The quantitative estimate of drug-likeness (QED) is 0.464. The molecule has 0 radical (unpaired) electrons. The number of hydrogen-bond donors (Lipinski definition) is 2. The van der Waals surface area contributed by atoms with Crippen molar-refractivity contribution < 1.29 is 33.4 Å². The lowest BCUT2D eigenvalue weighted by molar-refractivity contribution is -0.154. The van der Waals surface area contributed by atoms with Crippen LogP contribution in [-0.4, -0.2) is 85.8 Å². The fraction of sp³-hybridized carbons (Fsp3) is 0.871. The highest BCUT2D eigenvalue weighted by molar-refractivity contribution is 5.83. The summed E-state index contributed by atoms with van der Waals surface area (Å²) < 4.78 is 16.3. The van der Waals surface area contributed by atoms with Crippen LogP contribution in [0.1, 0.15) is 77.6 Å². The molecular formula is C31H47N3O7. The van der Waals surface area contributed by atoms with Gasteiger partial charge in [-0.15, -0.1) is 0 Å². The Bertz CT molecular complexity index is 1040. The van der Waals surface area contributed by atoms with E-state index in [1.54, 1.807) is 6.92 Å². The summed E-state index contributed by atoms with van der Waals surface area (Å²) in [6.07, 6.45) is 8.86. The number of fused-ring (bicyclic) bond motifs is 5. The van der Waals surface area contributed by atoms with Gasteiger partial charge in [-0.2, -0.15) is 0 Å². The third kappa shape index (κ3) is 5.17. The molecule has 228 valence electrons. The summed E-state index contributed by atoms with van der Waals surface area (Å²) in [5.41, 5.74) is 0. The van der Waals surface area contributed by atoms with E-state index in [0.717, 1.165) is 51.5 Å². The van der Waals surface area contributed by atoms with Gasteiger partial charge in [-0.05, 0) is 89.0 Å². The number of carbonyl (C=O) groups excluding carboxylic acids is 4. The molecule has 6 aliphatic rings. The van der Waals surface area contributed by atoms with E-state index in [1.807, 2.05) is 0 Å². The van der Waals surface area contributed by atoms with Gasteiger partial charge in [0.15, 0.2) is 0 Å². The van der Waals surface area contributed by atoms with Crippen molar-refractivity contribution in [3.05, 3.63) is 0 Å². The second-order valence-electron chi connectivity index (χ2n) is 13.4. The first kappa shape index (κ1) is 28.9. The fourth-order valence-corrected chi connectivity index (χ4v) is 9.72. The van der Waals surface area contributed by atoms with Crippen molar-refractivity contribution in [2.24, 2.45) is 35.5 Å². The van der Waals surface area contributed by atoms with Gasteiger partial charge >= 0.3 is 11.9 Å². The molecule has 12 atom stereocenters. The van der Waals surface area contributed by atoms with Crippen molar-refractivity contribution in [3.63, 3.8) is 0 Å². The summed E-state index contributed by atoms with van der Waals surface area (Å²) in [6.45, 7) is 2.78. The molecule has 0 aromatic rings. The molecule has 3 saturated heterocycles. The third-order valence-electron chi connectivity index (χ3n) is 11.5. The van der Waals surface area contributed by atoms with E-state index in [9.17, 15) is 19.2 Å². The predicted octanol–water partition coefficient (Wildman–Crippen LogP) is 2.18. The van der Waals surface area contributed by atoms with Crippen LogP contribution in [0.4, 0.5) is 0 Å². The molecule has 2 amide bonds. The second-order valence-corrected chi connectivity index (χ2v) is 13.4. The highest BCUT2D eigenvalue weighted by atomic mass is 16.5. The van der Waals surface area contributed by atoms with Crippen LogP contribution in [0.3, 0.4) is 0 Å². The molecule has 10 heteroatoms. The van der Waals surface area contributed by atoms with Crippen LogP contribution in [-0.2, 0) is 33.4 Å². The minimum Gasteiger partial charge on any atom is -0.469 e. The van der Waals surface area contributed by atoms with Crippen molar-refractivity contribution in [1.29, 1.82) is 0 Å². The fourth-order valence-electron chi connectivity index (χ4n) is 9.72. The zero-order valence-electron chi connectivity index (χ0n) is 24.7. The smallest absolute Gasteiger partial charge is 0.310 e.